The van der Waals surface area contributed by atoms with E-state index in [-0.39, 0.29) is 11.9 Å². The minimum Gasteiger partial charge on any atom is -0.496 e. The summed E-state index contributed by atoms with van der Waals surface area (Å²) in [5.74, 6) is 1.05. The van der Waals surface area contributed by atoms with E-state index in [2.05, 4.69) is 35.9 Å². The van der Waals surface area contributed by atoms with Crippen LogP contribution in [0.1, 0.15) is 49.4 Å². The molecule has 0 spiro atoms. The van der Waals surface area contributed by atoms with Crippen LogP contribution in [0.5, 0.6) is 5.75 Å². The van der Waals surface area contributed by atoms with E-state index >= 15 is 0 Å². The molecule has 1 atom stereocenters. The van der Waals surface area contributed by atoms with Gasteiger partial charge in [0.15, 0.2) is 5.11 Å². The molecule has 0 saturated carbocycles. The fraction of sp³-hybridized carbons (Fsp3) is 0.444. The molecule has 6 heteroatoms. The maximum atomic E-state index is 12.4. The van der Waals surface area contributed by atoms with Gasteiger partial charge in [-0.2, -0.15) is 0 Å². The van der Waals surface area contributed by atoms with Crippen LogP contribution in [0.25, 0.3) is 0 Å². The van der Waals surface area contributed by atoms with E-state index in [0.29, 0.717) is 16.6 Å². The largest absolute Gasteiger partial charge is 0.496 e. The quantitative estimate of drug-likeness (QED) is 0.731. The first-order valence-electron chi connectivity index (χ1n) is 7.98. The first-order valence-corrected chi connectivity index (χ1v) is 8.39. The normalized spacial score (nSPS) is 17.5. The molecule has 1 aromatic rings. The van der Waals surface area contributed by atoms with Crippen LogP contribution in [0, 0.1) is 6.92 Å². The van der Waals surface area contributed by atoms with Crippen LogP contribution in [-0.2, 0) is 4.79 Å². The molecule has 130 valence electrons. The topological polar surface area (TPSA) is 62.4 Å². The fourth-order valence-electron chi connectivity index (χ4n) is 3.02. The van der Waals surface area contributed by atoms with Crippen molar-refractivity contribution in [2.24, 2.45) is 0 Å². The first kappa shape index (κ1) is 18.3. The lowest BCUT2D eigenvalue weighted by Gasteiger charge is -2.31. The van der Waals surface area contributed by atoms with Gasteiger partial charge >= 0.3 is 0 Å². The summed E-state index contributed by atoms with van der Waals surface area (Å²) in [6.45, 7) is 8.13. The molecule has 1 aliphatic heterocycles. The number of aryl methyl sites for hydroxylation is 1. The lowest BCUT2D eigenvalue weighted by Crippen LogP contribution is -2.46. The van der Waals surface area contributed by atoms with Crippen LogP contribution in [0.15, 0.2) is 23.4 Å². The molecule has 0 bridgehead atoms. The van der Waals surface area contributed by atoms with E-state index in [9.17, 15) is 4.79 Å². The van der Waals surface area contributed by atoms with Gasteiger partial charge in [0, 0.05) is 12.7 Å². The molecule has 2 rings (SSSR count). The average molecular weight is 347 g/mol. The van der Waals surface area contributed by atoms with Gasteiger partial charge in [-0.3, -0.25) is 4.79 Å². The van der Waals surface area contributed by atoms with Crippen molar-refractivity contribution in [2.45, 2.75) is 39.7 Å². The second-order valence-electron chi connectivity index (χ2n) is 6.25. The Bertz CT molecular complexity index is 710. The van der Waals surface area contributed by atoms with Crippen LogP contribution < -0.4 is 20.7 Å². The fourth-order valence-corrected chi connectivity index (χ4v) is 3.29. The molecule has 1 aromatic carbocycles. The molecule has 0 fully saturated rings. The molecule has 0 aliphatic carbocycles. The smallest absolute Gasteiger partial charge is 0.251 e. The second kappa shape index (κ2) is 7.21. The van der Waals surface area contributed by atoms with Crippen molar-refractivity contribution in [3.8, 4) is 5.75 Å². The highest BCUT2D eigenvalue weighted by atomic mass is 32.1. The molecular formula is C18H25N3O2S. The molecule has 1 unspecified atom stereocenters. The van der Waals surface area contributed by atoms with Crippen LogP contribution in [-0.4, -0.2) is 25.2 Å². The van der Waals surface area contributed by atoms with Crippen LogP contribution in [0.2, 0.25) is 0 Å². The number of thiocarbonyl (C=S) groups is 1. The van der Waals surface area contributed by atoms with Crippen molar-refractivity contribution in [1.29, 1.82) is 0 Å². The molecule has 0 aromatic heterocycles. The average Bonchev–Trinajstić information content (AvgIpc) is 2.52. The summed E-state index contributed by atoms with van der Waals surface area (Å²) < 4.78 is 5.52. The second-order valence-corrected chi connectivity index (χ2v) is 6.66. The summed E-state index contributed by atoms with van der Waals surface area (Å²) >= 11 is 5.30. The Morgan fingerprint density at radius 1 is 1.33 bits per heavy atom. The molecule has 1 heterocycles. The number of benzene rings is 1. The number of nitrogens with one attached hydrogen (secondary N) is 3. The number of likely N-dealkylation sites (N-methyl/N-ethyl adjacent to an activating group) is 1. The predicted octanol–water partition coefficient (Wildman–Crippen LogP) is 2.67. The lowest BCUT2D eigenvalue weighted by molar-refractivity contribution is -0.117. The molecule has 24 heavy (non-hydrogen) atoms. The van der Waals surface area contributed by atoms with Crippen LogP contribution in [0.3, 0.4) is 0 Å². The number of carbonyl (C=O) groups is 1. The van der Waals surface area contributed by atoms with Gasteiger partial charge in [-0.15, -0.1) is 0 Å². The monoisotopic (exact) mass is 347 g/mol. The zero-order valence-corrected chi connectivity index (χ0v) is 15.9. The number of amides is 1. The Kier molecular flexibility index (Phi) is 5.49. The lowest BCUT2D eigenvalue weighted by atomic mass is 9.88. The minimum atomic E-state index is -0.290. The van der Waals surface area contributed by atoms with E-state index in [1.807, 2.05) is 19.9 Å². The Hall–Kier alpha value is -2.08. The molecule has 0 saturated heterocycles. The number of ether oxygens (including phenoxy) is 1. The molecule has 0 radical (unpaired) electrons. The van der Waals surface area contributed by atoms with Crippen molar-refractivity contribution >= 4 is 23.2 Å². The van der Waals surface area contributed by atoms with Gasteiger partial charge in [0.05, 0.1) is 18.7 Å². The zero-order chi connectivity index (χ0) is 18.0. The third-order valence-electron chi connectivity index (χ3n) is 4.29. The van der Waals surface area contributed by atoms with Crippen molar-refractivity contribution in [3.05, 3.63) is 40.1 Å². The van der Waals surface area contributed by atoms with Gasteiger partial charge in [0.25, 0.3) is 5.91 Å². The van der Waals surface area contributed by atoms with Gasteiger partial charge in [-0.25, -0.2) is 0 Å². The summed E-state index contributed by atoms with van der Waals surface area (Å²) in [7, 11) is 3.31. The highest BCUT2D eigenvalue weighted by molar-refractivity contribution is 7.80. The SMILES string of the molecule is CNC(=O)C1=C(C)NC(=S)NC1c1cc(C(C)C)c(OC)cc1C. The number of rotatable bonds is 4. The highest BCUT2D eigenvalue weighted by Crippen LogP contribution is 2.35. The number of methoxy groups -OCH3 is 1. The van der Waals surface area contributed by atoms with Crippen LogP contribution >= 0.6 is 12.2 Å². The molecule has 1 aliphatic rings. The van der Waals surface area contributed by atoms with Crippen molar-refractivity contribution in [3.63, 3.8) is 0 Å². The van der Waals surface area contributed by atoms with E-state index in [1.165, 1.54) is 0 Å². The Balaban J connectivity index is 2.64. The summed E-state index contributed by atoms with van der Waals surface area (Å²) in [5.41, 5.74) is 4.60. The van der Waals surface area contributed by atoms with Gasteiger partial charge in [0.2, 0.25) is 0 Å². The first-order chi connectivity index (χ1) is 11.3. The zero-order valence-electron chi connectivity index (χ0n) is 15.0. The van der Waals surface area contributed by atoms with E-state index < -0.39 is 0 Å². The van der Waals surface area contributed by atoms with E-state index in [0.717, 1.165) is 28.1 Å². The number of carbonyl (C=O) groups excluding carboxylic acids is 1. The number of allylic oxidation sites excluding steroid dienone is 1. The molecular weight excluding hydrogens is 322 g/mol. The maximum absolute atomic E-state index is 12.4. The molecule has 1 amide bonds. The highest BCUT2D eigenvalue weighted by Gasteiger charge is 2.31. The maximum Gasteiger partial charge on any atom is 0.251 e. The summed E-state index contributed by atoms with van der Waals surface area (Å²) in [6, 6.07) is 3.84. The number of hydrogen-bond donors (Lipinski definition) is 3. The Labute approximate surface area is 148 Å². The van der Waals surface area contributed by atoms with Gasteiger partial charge < -0.3 is 20.7 Å². The Morgan fingerprint density at radius 3 is 2.54 bits per heavy atom. The van der Waals surface area contributed by atoms with Gasteiger partial charge in [-0.1, -0.05) is 13.8 Å². The Morgan fingerprint density at radius 2 is 2.00 bits per heavy atom. The molecule has 3 N–H and O–H groups in total. The molecule has 5 nitrogen and oxygen atoms in total. The van der Waals surface area contributed by atoms with Crippen molar-refractivity contribution in [1.82, 2.24) is 16.0 Å². The minimum absolute atomic E-state index is 0.124. The summed E-state index contributed by atoms with van der Waals surface area (Å²) in [5, 5.41) is 9.51. The predicted molar refractivity (Wildman–Crippen MR) is 100 cm³/mol. The summed E-state index contributed by atoms with van der Waals surface area (Å²) in [4.78, 5) is 12.4. The van der Waals surface area contributed by atoms with Crippen molar-refractivity contribution in [2.75, 3.05) is 14.2 Å². The van der Waals surface area contributed by atoms with Gasteiger partial charge in [0.1, 0.15) is 5.75 Å². The van der Waals surface area contributed by atoms with E-state index in [1.54, 1.807) is 14.2 Å². The van der Waals surface area contributed by atoms with Crippen LogP contribution in [0.4, 0.5) is 0 Å². The number of hydrogen-bond acceptors (Lipinski definition) is 3. The van der Waals surface area contributed by atoms with Crippen molar-refractivity contribution < 1.29 is 9.53 Å². The van der Waals surface area contributed by atoms with Gasteiger partial charge in [-0.05, 0) is 60.8 Å². The standard InChI is InChI=1S/C18H25N3O2S/c1-9(2)12-8-13(10(3)7-14(12)23-6)16-15(17(22)19-5)11(4)20-18(24)21-16/h7-9,16H,1-6H3,(H,19,22)(H2,20,21,24). The third kappa shape index (κ3) is 3.38. The summed E-state index contributed by atoms with van der Waals surface area (Å²) in [6.07, 6.45) is 0. The van der Waals surface area contributed by atoms with E-state index in [4.69, 9.17) is 17.0 Å². The third-order valence-corrected chi connectivity index (χ3v) is 4.51.